The number of thiazole rings is 1. The Labute approximate surface area is 164 Å². The predicted octanol–water partition coefficient (Wildman–Crippen LogP) is 3.11. The fraction of sp³-hybridized carbons (Fsp3) is 0.150. The number of primary amides is 1. The highest BCUT2D eigenvalue weighted by molar-refractivity contribution is 7.07. The summed E-state index contributed by atoms with van der Waals surface area (Å²) in [5, 5.41) is 16.2. The van der Waals surface area contributed by atoms with E-state index in [0.717, 1.165) is 12.8 Å². The van der Waals surface area contributed by atoms with Gasteiger partial charge in [0.25, 0.3) is 5.91 Å². The average Bonchev–Trinajstić information content (AvgIpc) is 3.39. The molecular formula is C20H17FN4O2S. The van der Waals surface area contributed by atoms with E-state index in [9.17, 15) is 14.3 Å². The van der Waals surface area contributed by atoms with Gasteiger partial charge < -0.3 is 10.8 Å². The van der Waals surface area contributed by atoms with Crippen molar-refractivity contribution in [2.75, 3.05) is 0 Å². The molecule has 6 nitrogen and oxygen atoms in total. The molecule has 28 heavy (non-hydrogen) atoms. The molecule has 0 atom stereocenters. The Balaban J connectivity index is 1.81. The molecule has 1 aromatic heterocycles. The maximum absolute atomic E-state index is 13.4. The van der Waals surface area contributed by atoms with Crippen molar-refractivity contribution in [1.29, 1.82) is 0 Å². The second-order valence-electron chi connectivity index (χ2n) is 6.47. The van der Waals surface area contributed by atoms with Crippen LogP contribution in [0, 0.1) is 5.82 Å². The van der Waals surface area contributed by atoms with Crippen LogP contribution >= 0.6 is 11.3 Å². The first kappa shape index (κ1) is 18.1. The largest absolute Gasteiger partial charge is 0.507 e. The quantitative estimate of drug-likeness (QED) is 0.649. The molecular weight excluding hydrogens is 379 g/mol. The Kier molecular flexibility index (Phi) is 4.79. The first-order chi connectivity index (χ1) is 13.5. The lowest BCUT2D eigenvalue weighted by atomic mass is 10.1. The van der Waals surface area contributed by atoms with E-state index in [2.05, 4.69) is 10.1 Å². The summed E-state index contributed by atoms with van der Waals surface area (Å²) in [6.45, 7) is 0. The van der Waals surface area contributed by atoms with E-state index in [4.69, 9.17) is 5.73 Å². The Bertz CT molecular complexity index is 1150. The second-order valence-corrected chi connectivity index (χ2v) is 7.31. The van der Waals surface area contributed by atoms with Crippen molar-refractivity contribution in [1.82, 2.24) is 4.68 Å². The SMILES string of the molecule is NC(=O)c1cc(-c2csc(=NC3CC3)n2/N=C/c2cccc(F)c2)ccc1O. The fourth-order valence-electron chi connectivity index (χ4n) is 2.66. The van der Waals surface area contributed by atoms with Gasteiger partial charge >= 0.3 is 0 Å². The van der Waals surface area contributed by atoms with Crippen molar-refractivity contribution in [3.05, 3.63) is 69.6 Å². The van der Waals surface area contributed by atoms with Crippen molar-refractivity contribution >= 4 is 23.5 Å². The van der Waals surface area contributed by atoms with Crippen LogP contribution in [0.15, 0.2) is 57.9 Å². The molecule has 1 fully saturated rings. The van der Waals surface area contributed by atoms with Gasteiger partial charge in [0, 0.05) is 10.9 Å². The minimum absolute atomic E-state index is 0.0324. The first-order valence-electron chi connectivity index (χ1n) is 8.69. The summed E-state index contributed by atoms with van der Waals surface area (Å²) in [6.07, 6.45) is 3.65. The summed E-state index contributed by atoms with van der Waals surface area (Å²) in [5.74, 6) is -1.23. The van der Waals surface area contributed by atoms with Crippen LogP contribution in [0.3, 0.4) is 0 Å². The van der Waals surface area contributed by atoms with E-state index < -0.39 is 5.91 Å². The fourth-order valence-corrected chi connectivity index (χ4v) is 3.57. The summed E-state index contributed by atoms with van der Waals surface area (Å²) in [4.78, 5) is 16.9. The van der Waals surface area contributed by atoms with Gasteiger partial charge in [0.1, 0.15) is 11.6 Å². The van der Waals surface area contributed by atoms with Crippen molar-refractivity contribution < 1.29 is 14.3 Å². The van der Waals surface area contributed by atoms with E-state index in [1.54, 1.807) is 29.1 Å². The van der Waals surface area contributed by atoms with Gasteiger partial charge in [-0.25, -0.2) is 9.07 Å². The van der Waals surface area contributed by atoms with Gasteiger partial charge in [-0.3, -0.25) is 9.79 Å². The number of carbonyl (C=O) groups is 1. The van der Waals surface area contributed by atoms with Gasteiger partial charge in [-0.05, 0) is 48.7 Å². The molecule has 2 aromatic carbocycles. The number of hydrogen-bond acceptors (Lipinski definition) is 5. The molecule has 1 aliphatic rings. The molecule has 1 saturated carbocycles. The van der Waals surface area contributed by atoms with Crippen LogP contribution in [0.4, 0.5) is 4.39 Å². The lowest BCUT2D eigenvalue weighted by molar-refractivity contribution is 0.0998. The standard InChI is InChI=1S/C20H17FN4O2S/c21-14-3-1-2-12(8-14)10-23-25-17(11-28-20(25)24-15-5-6-15)13-4-7-18(26)16(9-13)19(22)27/h1-4,7-11,15,26H,5-6H2,(H2,22,27)/b23-10+,24-20?. The molecule has 4 rings (SSSR count). The van der Waals surface area contributed by atoms with Crippen LogP contribution in [0.25, 0.3) is 11.3 Å². The molecule has 0 unspecified atom stereocenters. The van der Waals surface area contributed by atoms with Gasteiger partial charge in [-0.15, -0.1) is 11.3 Å². The topological polar surface area (TPSA) is 93.0 Å². The van der Waals surface area contributed by atoms with E-state index in [0.29, 0.717) is 27.7 Å². The van der Waals surface area contributed by atoms with Crippen LogP contribution in [-0.4, -0.2) is 27.9 Å². The zero-order chi connectivity index (χ0) is 19.7. The number of benzene rings is 2. The Hall–Kier alpha value is -3.26. The van der Waals surface area contributed by atoms with Crippen LogP contribution in [-0.2, 0) is 0 Å². The third-order valence-electron chi connectivity index (χ3n) is 4.25. The molecule has 3 aromatic rings. The minimum atomic E-state index is -0.715. The molecule has 0 saturated heterocycles. The van der Waals surface area contributed by atoms with Gasteiger partial charge in [-0.1, -0.05) is 12.1 Å². The number of nitrogens with two attached hydrogens (primary N) is 1. The van der Waals surface area contributed by atoms with Gasteiger partial charge in [-0.2, -0.15) is 5.10 Å². The lowest BCUT2D eigenvalue weighted by Gasteiger charge is -2.06. The number of rotatable bonds is 5. The summed E-state index contributed by atoms with van der Waals surface area (Å²) in [7, 11) is 0. The summed E-state index contributed by atoms with van der Waals surface area (Å²) in [6, 6.07) is 11.0. The molecule has 0 bridgehead atoms. The van der Waals surface area contributed by atoms with E-state index in [1.165, 1.54) is 35.6 Å². The summed E-state index contributed by atoms with van der Waals surface area (Å²) < 4.78 is 15.1. The van der Waals surface area contributed by atoms with Crippen LogP contribution < -0.4 is 10.5 Å². The minimum Gasteiger partial charge on any atom is -0.507 e. The number of aromatic nitrogens is 1. The number of amides is 1. The second kappa shape index (κ2) is 7.40. The van der Waals surface area contributed by atoms with E-state index in [-0.39, 0.29) is 17.1 Å². The van der Waals surface area contributed by atoms with Gasteiger partial charge in [0.05, 0.1) is 23.5 Å². The molecule has 0 radical (unpaired) electrons. The number of carbonyl (C=O) groups excluding carboxylic acids is 1. The van der Waals surface area contributed by atoms with Crippen molar-refractivity contribution in [3.8, 4) is 17.0 Å². The smallest absolute Gasteiger partial charge is 0.252 e. The monoisotopic (exact) mass is 396 g/mol. The highest BCUT2D eigenvalue weighted by Gasteiger charge is 2.21. The van der Waals surface area contributed by atoms with E-state index >= 15 is 0 Å². The number of aromatic hydroxyl groups is 1. The highest BCUT2D eigenvalue weighted by Crippen LogP contribution is 2.27. The zero-order valence-corrected chi connectivity index (χ0v) is 15.6. The average molecular weight is 396 g/mol. The normalized spacial score (nSPS) is 14.7. The molecule has 1 aliphatic carbocycles. The first-order valence-corrected chi connectivity index (χ1v) is 9.57. The number of halogens is 1. The Morgan fingerprint density at radius 2 is 2.11 bits per heavy atom. The summed E-state index contributed by atoms with van der Waals surface area (Å²) >= 11 is 1.43. The molecule has 3 N–H and O–H groups in total. The zero-order valence-electron chi connectivity index (χ0n) is 14.7. The number of hydrogen-bond donors (Lipinski definition) is 2. The Morgan fingerprint density at radius 1 is 1.29 bits per heavy atom. The molecule has 0 spiro atoms. The Morgan fingerprint density at radius 3 is 2.82 bits per heavy atom. The number of nitrogens with zero attached hydrogens (tertiary/aromatic N) is 3. The number of phenols is 1. The van der Waals surface area contributed by atoms with Crippen molar-refractivity contribution in [2.24, 2.45) is 15.8 Å². The van der Waals surface area contributed by atoms with Crippen LogP contribution in [0.1, 0.15) is 28.8 Å². The van der Waals surface area contributed by atoms with Crippen molar-refractivity contribution in [2.45, 2.75) is 18.9 Å². The summed E-state index contributed by atoms with van der Waals surface area (Å²) in [5.41, 5.74) is 7.35. The predicted molar refractivity (Wildman–Crippen MR) is 106 cm³/mol. The van der Waals surface area contributed by atoms with Gasteiger partial charge in [0.15, 0.2) is 0 Å². The highest BCUT2D eigenvalue weighted by atomic mass is 32.1. The van der Waals surface area contributed by atoms with E-state index in [1.807, 2.05) is 5.38 Å². The molecule has 0 aliphatic heterocycles. The van der Waals surface area contributed by atoms with Crippen molar-refractivity contribution in [3.63, 3.8) is 0 Å². The van der Waals surface area contributed by atoms with Gasteiger partial charge in [0.2, 0.25) is 4.80 Å². The lowest BCUT2D eigenvalue weighted by Crippen LogP contribution is -2.14. The third-order valence-corrected chi connectivity index (χ3v) is 5.08. The molecule has 8 heteroatoms. The molecule has 1 amide bonds. The van der Waals surface area contributed by atoms with Crippen LogP contribution in [0.5, 0.6) is 5.75 Å². The third kappa shape index (κ3) is 3.86. The molecule has 1 heterocycles. The maximum Gasteiger partial charge on any atom is 0.252 e. The van der Waals surface area contributed by atoms with Crippen LogP contribution in [0.2, 0.25) is 0 Å². The molecule has 142 valence electrons. The maximum atomic E-state index is 13.4.